The lowest BCUT2D eigenvalue weighted by atomic mass is 10.3. The summed E-state index contributed by atoms with van der Waals surface area (Å²) >= 11 is 8.91. The van der Waals surface area contributed by atoms with Crippen LogP contribution in [0.2, 0.25) is 5.15 Å². The molecule has 2 rings (SSSR count). The van der Waals surface area contributed by atoms with Crippen molar-refractivity contribution >= 4 is 43.2 Å². The molecule has 0 aliphatic rings. The van der Waals surface area contributed by atoms with Gasteiger partial charge in [-0.1, -0.05) is 11.6 Å². The molecule has 0 aliphatic heterocycles. The largest absolute Gasteiger partial charge is 0.497 e. The smallest absolute Gasteiger partial charge is 0.263 e. The molecule has 0 radical (unpaired) electrons. The number of aromatic nitrogens is 1. The number of nitrogens with one attached hydrogen (secondary N) is 1. The standard InChI is InChI=1S/C13H12BrClN2O4S/c1-20-8-3-4-11(12(5-8)21-2)17-22(18,19)9-6-10(14)13(15)16-7-9/h3-7,17H,1-2H3. The second-order valence-electron chi connectivity index (χ2n) is 4.12. The van der Waals surface area contributed by atoms with Crippen molar-refractivity contribution in [3.63, 3.8) is 0 Å². The molecule has 2 aromatic rings. The first-order chi connectivity index (χ1) is 10.4. The van der Waals surface area contributed by atoms with Crippen LogP contribution in [-0.2, 0) is 10.0 Å². The van der Waals surface area contributed by atoms with Crippen molar-refractivity contribution in [2.75, 3.05) is 18.9 Å². The fourth-order valence-electron chi connectivity index (χ4n) is 1.64. The van der Waals surface area contributed by atoms with E-state index in [0.29, 0.717) is 16.0 Å². The number of sulfonamides is 1. The van der Waals surface area contributed by atoms with Gasteiger partial charge in [-0.2, -0.15) is 0 Å². The summed E-state index contributed by atoms with van der Waals surface area (Å²) in [5.74, 6) is 0.889. The van der Waals surface area contributed by atoms with Gasteiger partial charge in [-0.15, -0.1) is 0 Å². The highest BCUT2D eigenvalue weighted by atomic mass is 79.9. The van der Waals surface area contributed by atoms with E-state index < -0.39 is 10.0 Å². The minimum Gasteiger partial charge on any atom is -0.497 e. The molecule has 0 amide bonds. The SMILES string of the molecule is COc1ccc(NS(=O)(=O)c2cnc(Cl)c(Br)c2)c(OC)c1. The van der Waals surface area contributed by atoms with Crippen LogP contribution in [0.5, 0.6) is 11.5 Å². The van der Waals surface area contributed by atoms with E-state index in [2.05, 4.69) is 25.6 Å². The number of hydrogen-bond donors (Lipinski definition) is 1. The van der Waals surface area contributed by atoms with Gasteiger partial charge in [0.1, 0.15) is 21.5 Å². The van der Waals surface area contributed by atoms with Gasteiger partial charge < -0.3 is 9.47 Å². The van der Waals surface area contributed by atoms with Crippen LogP contribution in [0.4, 0.5) is 5.69 Å². The summed E-state index contributed by atoms with van der Waals surface area (Å²) in [6, 6.07) is 6.12. The lowest BCUT2D eigenvalue weighted by molar-refractivity contribution is 0.395. The number of methoxy groups -OCH3 is 2. The zero-order valence-corrected chi connectivity index (χ0v) is 14.8. The Labute approximate surface area is 141 Å². The van der Waals surface area contributed by atoms with E-state index in [1.807, 2.05) is 0 Å². The third kappa shape index (κ3) is 3.63. The Morgan fingerprint density at radius 1 is 1.23 bits per heavy atom. The maximum absolute atomic E-state index is 12.4. The maximum atomic E-state index is 12.4. The molecule has 0 atom stereocenters. The molecule has 1 heterocycles. The van der Waals surface area contributed by atoms with Crippen LogP contribution in [0, 0.1) is 0 Å². The number of halogens is 2. The molecule has 22 heavy (non-hydrogen) atoms. The monoisotopic (exact) mass is 406 g/mol. The van der Waals surface area contributed by atoms with Crippen LogP contribution in [-0.4, -0.2) is 27.6 Å². The topological polar surface area (TPSA) is 77.5 Å². The molecule has 0 spiro atoms. The molecule has 9 heteroatoms. The third-order valence-electron chi connectivity index (χ3n) is 2.73. The van der Waals surface area contributed by atoms with Crippen LogP contribution >= 0.6 is 27.5 Å². The van der Waals surface area contributed by atoms with Gasteiger partial charge in [-0.25, -0.2) is 13.4 Å². The first-order valence-electron chi connectivity index (χ1n) is 5.93. The van der Waals surface area contributed by atoms with E-state index >= 15 is 0 Å². The van der Waals surface area contributed by atoms with E-state index in [4.69, 9.17) is 21.1 Å². The number of pyridine rings is 1. The van der Waals surface area contributed by atoms with E-state index in [0.717, 1.165) is 0 Å². The van der Waals surface area contributed by atoms with Crippen LogP contribution in [0.3, 0.4) is 0 Å². The molecule has 0 unspecified atom stereocenters. The predicted molar refractivity (Wildman–Crippen MR) is 87.3 cm³/mol. The van der Waals surface area contributed by atoms with Crippen LogP contribution in [0.15, 0.2) is 39.8 Å². The Bertz CT molecular complexity index is 799. The maximum Gasteiger partial charge on any atom is 0.263 e. The van der Waals surface area contributed by atoms with Gasteiger partial charge >= 0.3 is 0 Å². The quantitative estimate of drug-likeness (QED) is 0.769. The number of anilines is 1. The second-order valence-corrected chi connectivity index (χ2v) is 7.01. The molecule has 6 nitrogen and oxygen atoms in total. The molecule has 1 N–H and O–H groups in total. The molecule has 0 bridgehead atoms. The van der Waals surface area contributed by atoms with E-state index in [1.54, 1.807) is 18.2 Å². The number of ether oxygens (including phenoxy) is 2. The van der Waals surface area contributed by atoms with Gasteiger partial charge in [0.25, 0.3) is 10.0 Å². The minimum atomic E-state index is -3.83. The Balaban J connectivity index is 2.38. The molecule has 0 aliphatic carbocycles. The Hall–Kier alpha value is -1.51. The van der Waals surface area contributed by atoms with Gasteiger partial charge in [-0.3, -0.25) is 4.72 Å². The Kier molecular flexibility index (Phi) is 5.15. The molecule has 0 fully saturated rings. The normalized spacial score (nSPS) is 11.1. The van der Waals surface area contributed by atoms with Crippen molar-refractivity contribution < 1.29 is 17.9 Å². The minimum absolute atomic E-state index is 0.0263. The van der Waals surface area contributed by atoms with Gasteiger partial charge in [-0.05, 0) is 34.1 Å². The lowest BCUT2D eigenvalue weighted by Crippen LogP contribution is -2.14. The molecular formula is C13H12BrClN2O4S. The summed E-state index contributed by atoms with van der Waals surface area (Å²) in [5, 5.41) is 0.181. The highest BCUT2D eigenvalue weighted by Gasteiger charge is 2.18. The van der Waals surface area contributed by atoms with Crippen LogP contribution in [0.25, 0.3) is 0 Å². The summed E-state index contributed by atoms with van der Waals surface area (Å²) in [7, 11) is -0.880. The van der Waals surface area contributed by atoms with Crippen LogP contribution < -0.4 is 14.2 Å². The Morgan fingerprint density at radius 3 is 2.55 bits per heavy atom. The molecule has 118 valence electrons. The lowest BCUT2D eigenvalue weighted by Gasteiger charge is -2.13. The van der Waals surface area contributed by atoms with Crippen molar-refractivity contribution in [3.05, 3.63) is 40.1 Å². The highest BCUT2D eigenvalue weighted by molar-refractivity contribution is 9.10. The number of nitrogens with zero attached hydrogens (tertiary/aromatic N) is 1. The van der Waals surface area contributed by atoms with Gasteiger partial charge in [0.05, 0.1) is 24.4 Å². The summed E-state index contributed by atoms with van der Waals surface area (Å²) in [4.78, 5) is 3.78. The zero-order chi connectivity index (χ0) is 16.3. The van der Waals surface area contributed by atoms with E-state index in [9.17, 15) is 8.42 Å². The molecule has 0 saturated carbocycles. The van der Waals surface area contributed by atoms with Crippen molar-refractivity contribution in [2.24, 2.45) is 0 Å². The first kappa shape index (κ1) is 16.9. The average molecular weight is 408 g/mol. The van der Waals surface area contributed by atoms with Crippen molar-refractivity contribution in [3.8, 4) is 11.5 Å². The van der Waals surface area contributed by atoms with Crippen molar-refractivity contribution in [1.29, 1.82) is 0 Å². The van der Waals surface area contributed by atoms with E-state index in [1.165, 1.54) is 26.5 Å². The fraction of sp³-hybridized carbons (Fsp3) is 0.154. The number of benzene rings is 1. The zero-order valence-electron chi connectivity index (χ0n) is 11.6. The number of hydrogen-bond acceptors (Lipinski definition) is 5. The van der Waals surface area contributed by atoms with E-state index in [-0.39, 0.29) is 15.7 Å². The summed E-state index contributed by atoms with van der Waals surface area (Å²) < 4.78 is 37.8. The second kappa shape index (κ2) is 6.72. The highest BCUT2D eigenvalue weighted by Crippen LogP contribution is 2.31. The first-order valence-corrected chi connectivity index (χ1v) is 8.58. The summed E-state index contributed by atoms with van der Waals surface area (Å²) in [6.07, 6.45) is 1.17. The van der Waals surface area contributed by atoms with Gasteiger partial charge in [0.15, 0.2) is 0 Å². The predicted octanol–water partition coefficient (Wildman–Crippen LogP) is 3.32. The average Bonchev–Trinajstić information content (AvgIpc) is 2.50. The molecule has 1 aromatic heterocycles. The Morgan fingerprint density at radius 2 is 1.95 bits per heavy atom. The van der Waals surface area contributed by atoms with Crippen LogP contribution in [0.1, 0.15) is 0 Å². The van der Waals surface area contributed by atoms with Gasteiger partial charge in [0.2, 0.25) is 0 Å². The molecule has 1 aromatic carbocycles. The number of rotatable bonds is 5. The fourth-order valence-corrected chi connectivity index (χ4v) is 3.28. The van der Waals surface area contributed by atoms with Crippen molar-refractivity contribution in [2.45, 2.75) is 4.90 Å². The third-order valence-corrected chi connectivity index (χ3v) is 5.20. The van der Waals surface area contributed by atoms with Crippen molar-refractivity contribution in [1.82, 2.24) is 4.98 Å². The molecular weight excluding hydrogens is 396 g/mol. The molecule has 0 saturated heterocycles. The summed E-state index contributed by atoms with van der Waals surface area (Å²) in [5.41, 5.74) is 0.286. The van der Waals surface area contributed by atoms with Gasteiger partial charge in [0, 0.05) is 12.3 Å². The summed E-state index contributed by atoms with van der Waals surface area (Å²) in [6.45, 7) is 0.